The van der Waals surface area contributed by atoms with Crippen LogP contribution in [0.5, 0.6) is 0 Å². The standard InChI is InChI=1S/C62H60N2Si4/c1-65(2,3)45-33-29-43(30-34-45)63(55-21-15-19-49-47-17-11-13-23-57(47)67(7,8)61(49)55)53-39-27-41-26-38-52-54(40-28-42-25-37-51(53)59(41)60(42)52)64(44-31-35-46(36-32-44)66(4,5)6)56-22-16-20-50-48-18-12-14-24-58(48)68(9,10)62(50)56/h11-40H,1-10H3. The minimum absolute atomic E-state index is 1.20. The van der Waals surface area contributed by atoms with Gasteiger partial charge in [0, 0.05) is 33.5 Å². The van der Waals surface area contributed by atoms with Crippen LogP contribution in [0.2, 0.25) is 65.5 Å². The predicted molar refractivity (Wildman–Crippen MR) is 310 cm³/mol. The number of fused-ring (bicyclic) bond motifs is 6. The van der Waals surface area contributed by atoms with Crippen LogP contribution in [0.1, 0.15) is 0 Å². The molecule has 0 amide bonds. The van der Waals surface area contributed by atoms with E-state index in [4.69, 9.17) is 0 Å². The number of nitrogens with zero attached hydrogens (tertiary/aromatic N) is 2. The molecule has 0 saturated heterocycles. The van der Waals surface area contributed by atoms with E-state index < -0.39 is 32.3 Å². The molecule has 0 N–H and O–H groups in total. The Hall–Kier alpha value is -6.29. The molecular weight excluding hydrogens is 885 g/mol. The molecule has 0 bridgehead atoms. The van der Waals surface area contributed by atoms with Crippen molar-refractivity contribution in [3.8, 4) is 22.3 Å². The van der Waals surface area contributed by atoms with Gasteiger partial charge >= 0.3 is 0 Å². The Morgan fingerprint density at radius 3 is 1.06 bits per heavy atom. The van der Waals surface area contributed by atoms with Crippen molar-refractivity contribution in [2.24, 2.45) is 0 Å². The summed E-state index contributed by atoms with van der Waals surface area (Å²) in [7, 11) is -7.27. The maximum absolute atomic E-state index is 2.62. The summed E-state index contributed by atoms with van der Waals surface area (Å²) in [5.74, 6) is 0. The fraction of sp³-hybridized carbons (Fsp3) is 0.161. The third kappa shape index (κ3) is 6.37. The second-order valence-corrected chi connectivity index (χ2v) is 41.3. The lowest BCUT2D eigenvalue weighted by molar-refractivity contribution is 1.31. The lowest BCUT2D eigenvalue weighted by Gasteiger charge is -2.34. The summed E-state index contributed by atoms with van der Waals surface area (Å²) in [6.07, 6.45) is 0. The molecule has 10 aromatic carbocycles. The van der Waals surface area contributed by atoms with Crippen LogP contribution in [-0.4, -0.2) is 32.3 Å². The second kappa shape index (κ2) is 15.1. The van der Waals surface area contributed by atoms with E-state index in [2.05, 4.69) is 257 Å². The first-order chi connectivity index (χ1) is 32.5. The topological polar surface area (TPSA) is 6.48 Å². The fourth-order valence-electron chi connectivity index (χ4n) is 12.2. The molecule has 2 nitrogen and oxygen atoms in total. The summed E-state index contributed by atoms with van der Waals surface area (Å²) in [5, 5.41) is 16.8. The first-order valence-corrected chi connectivity index (χ1v) is 37.5. The molecule has 0 aliphatic carbocycles. The highest BCUT2D eigenvalue weighted by Gasteiger charge is 2.42. The molecule has 10 aromatic rings. The van der Waals surface area contributed by atoms with Crippen LogP contribution < -0.4 is 40.9 Å². The van der Waals surface area contributed by atoms with Gasteiger partial charge < -0.3 is 9.80 Å². The van der Waals surface area contributed by atoms with Gasteiger partial charge in [-0.25, -0.2) is 0 Å². The average molecular weight is 946 g/mol. The lowest BCUT2D eigenvalue weighted by atomic mass is 9.91. The Bertz CT molecular complexity index is 3410. The average Bonchev–Trinajstić information content (AvgIpc) is 3.72. The van der Waals surface area contributed by atoms with E-state index >= 15 is 0 Å². The van der Waals surface area contributed by atoms with Crippen molar-refractivity contribution in [2.45, 2.75) is 65.5 Å². The van der Waals surface area contributed by atoms with Gasteiger partial charge in [0.1, 0.15) is 16.1 Å². The fourth-order valence-corrected chi connectivity index (χ4v) is 21.3. The van der Waals surface area contributed by atoms with Crippen molar-refractivity contribution < 1.29 is 0 Å². The van der Waals surface area contributed by atoms with Crippen LogP contribution in [0.15, 0.2) is 182 Å². The first-order valence-electron chi connectivity index (χ1n) is 24.5. The largest absolute Gasteiger partial charge is 0.310 e. The zero-order valence-electron chi connectivity index (χ0n) is 41.2. The van der Waals surface area contributed by atoms with Crippen LogP contribution in [-0.2, 0) is 0 Å². The van der Waals surface area contributed by atoms with Crippen LogP contribution in [0, 0.1) is 0 Å². The zero-order chi connectivity index (χ0) is 47.1. The predicted octanol–water partition coefficient (Wildman–Crippen LogP) is 14.2. The zero-order valence-corrected chi connectivity index (χ0v) is 45.2. The van der Waals surface area contributed by atoms with E-state index in [9.17, 15) is 0 Å². The SMILES string of the molecule is C[Si](C)(C)c1ccc(N(c2cccc3c2[Si](C)(C)c2ccccc2-3)c2ccc3ccc4c(N(c5ccc([Si](C)(C)C)cc5)c5cccc6c5[Si](C)(C)c5ccccc5-6)ccc5ccc2c3c54)cc1. The molecule has 2 aliphatic rings. The summed E-state index contributed by atoms with van der Waals surface area (Å²) < 4.78 is 0. The Morgan fingerprint density at radius 1 is 0.324 bits per heavy atom. The molecule has 2 aliphatic heterocycles. The van der Waals surface area contributed by atoms with E-state index in [0.29, 0.717) is 0 Å². The molecule has 0 aromatic heterocycles. The highest BCUT2D eigenvalue weighted by Crippen LogP contribution is 2.49. The first kappa shape index (κ1) is 43.0. The molecule has 0 radical (unpaired) electrons. The van der Waals surface area contributed by atoms with Gasteiger partial charge in [-0.3, -0.25) is 0 Å². The third-order valence-corrected chi connectivity index (χ3v) is 26.9. The molecule has 0 fully saturated rings. The highest BCUT2D eigenvalue weighted by atomic mass is 28.3. The molecule has 2 heterocycles. The minimum atomic E-state index is -2.10. The molecule has 0 atom stereocenters. The van der Waals surface area contributed by atoms with Gasteiger partial charge in [0.05, 0.1) is 27.5 Å². The van der Waals surface area contributed by atoms with E-state index in [0.717, 1.165) is 0 Å². The van der Waals surface area contributed by atoms with Crippen LogP contribution >= 0.6 is 0 Å². The van der Waals surface area contributed by atoms with Crippen LogP contribution in [0.25, 0.3) is 54.6 Å². The Balaban J connectivity index is 1.12. The van der Waals surface area contributed by atoms with Gasteiger partial charge in [0.2, 0.25) is 0 Å². The maximum Gasteiger partial charge on any atom is 0.116 e. The van der Waals surface area contributed by atoms with Gasteiger partial charge in [-0.15, -0.1) is 0 Å². The smallest absolute Gasteiger partial charge is 0.116 e. The molecule has 6 heteroatoms. The van der Waals surface area contributed by atoms with Crippen LogP contribution in [0.4, 0.5) is 34.1 Å². The van der Waals surface area contributed by atoms with Gasteiger partial charge in [0.15, 0.2) is 0 Å². The summed E-state index contributed by atoms with van der Waals surface area (Å²) in [6.45, 7) is 24.9. The molecule has 12 rings (SSSR count). The lowest BCUT2D eigenvalue weighted by Crippen LogP contribution is -2.50. The number of hydrogen-bond donors (Lipinski definition) is 0. The van der Waals surface area contributed by atoms with E-state index in [-0.39, 0.29) is 0 Å². The third-order valence-electron chi connectivity index (χ3n) is 15.7. The Morgan fingerprint density at radius 2 is 0.676 bits per heavy atom. The van der Waals surface area contributed by atoms with Crippen molar-refractivity contribution in [3.05, 3.63) is 182 Å². The summed E-state index contributed by atoms with van der Waals surface area (Å²) in [5.41, 5.74) is 13.0. The molecule has 68 heavy (non-hydrogen) atoms. The van der Waals surface area contributed by atoms with E-state index in [1.807, 2.05) is 0 Å². The summed E-state index contributed by atoms with van der Waals surface area (Å²) in [6, 6.07) is 70.8. The monoisotopic (exact) mass is 944 g/mol. The van der Waals surface area contributed by atoms with Crippen LogP contribution in [0.3, 0.4) is 0 Å². The molecule has 0 unspecified atom stereocenters. The number of rotatable bonds is 8. The number of anilines is 6. The van der Waals surface area contributed by atoms with Crippen molar-refractivity contribution >= 4 is 130 Å². The molecule has 0 spiro atoms. The normalized spacial score (nSPS) is 14.6. The summed E-state index contributed by atoms with van der Waals surface area (Å²) in [4.78, 5) is 5.23. The molecular formula is C62H60N2Si4. The van der Waals surface area contributed by atoms with Gasteiger partial charge in [-0.1, -0.05) is 209 Å². The highest BCUT2D eigenvalue weighted by molar-refractivity contribution is 7.05. The quantitative estimate of drug-likeness (QED) is 0.111. The van der Waals surface area contributed by atoms with Gasteiger partial charge in [-0.2, -0.15) is 0 Å². The second-order valence-electron chi connectivity index (χ2n) is 22.6. The Labute approximate surface area is 406 Å². The van der Waals surface area contributed by atoms with Crippen molar-refractivity contribution in [1.29, 1.82) is 0 Å². The minimum Gasteiger partial charge on any atom is -0.310 e. The van der Waals surface area contributed by atoms with E-state index in [1.165, 1.54) is 120 Å². The van der Waals surface area contributed by atoms with Gasteiger partial charge in [-0.05, 0) is 113 Å². The van der Waals surface area contributed by atoms with Gasteiger partial charge in [0.25, 0.3) is 0 Å². The maximum atomic E-state index is 2.62. The molecule has 0 saturated carbocycles. The van der Waals surface area contributed by atoms with Crippen molar-refractivity contribution in [2.75, 3.05) is 9.80 Å². The van der Waals surface area contributed by atoms with Crippen molar-refractivity contribution in [3.63, 3.8) is 0 Å². The number of benzene rings is 10. The Kier molecular flexibility index (Phi) is 9.55. The van der Waals surface area contributed by atoms with Crippen molar-refractivity contribution in [1.82, 2.24) is 0 Å². The molecule has 334 valence electrons. The number of hydrogen-bond acceptors (Lipinski definition) is 2. The van der Waals surface area contributed by atoms with E-state index in [1.54, 1.807) is 0 Å². The summed E-state index contributed by atoms with van der Waals surface area (Å²) >= 11 is 0.